The molecule has 0 heterocycles. The Morgan fingerprint density at radius 1 is 1.35 bits per heavy atom. The van der Waals surface area contributed by atoms with Crippen molar-refractivity contribution in [2.24, 2.45) is 10.4 Å². The van der Waals surface area contributed by atoms with Crippen LogP contribution in [0.3, 0.4) is 0 Å². The van der Waals surface area contributed by atoms with Crippen molar-refractivity contribution in [3.8, 4) is 12.3 Å². The first-order chi connectivity index (χ1) is 11.7. The molecular formula is C20H31IN4O. The summed E-state index contributed by atoms with van der Waals surface area (Å²) < 4.78 is 0. The highest BCUT2D eigenvalue weighted by Crippen LogP contribution is 2.21. The summed E-state index contributed by atoms with van der Waals surface area (Å²) in [5, 5.41) is 9.16. The summed E-state index contributed by atoms with van der Waals surface area (Å²) in [7, 11) is 1.69. The standard InChI is InChI=1S/C20H30N4O.HI/c1-7-16-9-8-10-17(13-16)24-18(25)14-22-19(21-6)23-15(2)11-12-20(3,4)5;/h1,8-10,13,15H,11-12,14H2,2-6H3,(H,24,25)(H2,21,22,23);1H. The second-order valence-electron chi connectivity index (χ2n) is 7.34. The lowest BCUT2D eigenvalue weighted by atomic mass is 9.89. The van der Waals surface area contributed by atoms with E-state index in [1.807, 2.05) is 12.1 Å². The fourth-order valence-corrected chi connectivity index (χ4v) is 2.21. The van der Waals surface area contributed by atoms with Gasteiger partial charge in [0, 0.05) is 24.3 Å². The van der Waals surface area contributed by atoms with Gasteiger partial charge in [-0.1, -0.05) is 32.8 Å². The number of terminal acetylenes is 1. The predicted octanol–water partition coefficient (Wildman–Crippen LogP) is 3.60. The minimum atomic E-state index is -0.153. The second-order valence-corrected chi connectivity index (χ2v) is 7.34. The fraction of sp³-hybridized carbons (Fsp3) is 0.500. The lowest BCUT2D eigenvalue weighted by molar-refractivity contribution is -0.115. The number of aliphatic imine (C=N–C) groups is 1. The summed E-state index contributed by atoms with van der Waals surface area (Å²) in [6.07, 6.45) is 7.52. The quantitative estimate of drug-likeness (QED) is 0.258. The van der Waals surface area contributed by atoms with E-state index in [-0.39, 0.29) is 42.5 Å². The van der Waals surface area contributed by atoms with Gasteiger partial charge in [0.2, 0.25) is 5.91 Å². The SMILES string of the molecule is C#Cc1cccc(NC(=O)CNC(=NC)NC(C)CCC(C)(C)C)c1.I. The minimum Gasteiger partial charge on any atom is -0.354 e. The summed E-state index contributed by atoms with van der Waals surface area (Å²) in [5.74, 6) is 3.01. The van der Waals surface area contributed by atoms with Gasteiger partial charge in [0.1, 0.15) is 0 Å². The molecule has 1 aromatic carbocycles. The van der Waals surface area contributed by atoms with Crippen LogP contribution in [0.2, 0.25) is 0 Å². The molecule has 26 heavy (non-hydrogen) atoms. The number of carbonyl (C=O) groups is 1. The highest BCUT2D eigenvalue weighted by Gasteiger charge is 2.13. The molecule has 0 fully saturated rings. The molecule has 0 spiro atoms. The van der Waals surface area contributed by atoms with Crippen molar-refractivity contribution in [1.29, 1.82) is 0 Å². The Hall–Kier alpha value is -1.75. The number of nitrogens with one attached hydrogen (secondary N) is 3. The maximum atomic E-state index is 12.1. The molecule has 0 saturated carbocycles. The monoisotopic (exact) mass is 470 g/mol. The van der Waals surface area contributed by atoms with Crippen molar-refractivity contribution in [3.05, 3.63) is 29.8 Å². The molecule has 1 rings (SSSR count). The highest BCUT2D eigenvalue weighted by molar-refractivity contribution is 14.0. The smallest absolute Gasteiger partial charge is 0.243 e. The Bertz CT molecular complexity index is 644. The van der Waals surface area contributed by atoms with Gasteiger partial charge in [0.15, 0.2) is 5.96 Å². The van der Waals surface area contributed by atoms with Gasteiger partial charge >= 0.3 is 0 Å². The van der Waals surface area contributed by atoms with E-state index in [1.54, 1.807) is 19.2 Å². The normalized spacial score (nSPS) is 12.4. The van der Waals surface area contributed by atoms with Crippen LogP contribution in [0.1, 0.15) is 46.1 Å². The van der Waals surface area contributed by atoms with Crippen molar-refractivity contribution < 1.29 is 4.79 Å². The van der Waals surface area contributed by atoms with E-state index in [1.165, 1.54) is 0 Å². The lowest BCUT2D eigenvalue weighted by Gasteiger charge is -2.23. The van der Waals surface area contributed by atoms with Gasteiger partial charge in [-0.05, 0) is 43.4 Å². The van der Waals surface area contributed by atoms with E-state index >= 15 is 0 Å². The van der Waals surface area contributed by atoms with Crippen molar-refractivity contribution in [1.82, 2.24) is 10.6 Å². The molecule has 1 atom stereocenters. The molecule has 1 unspecified atom stereocenters. The third-order valence-electron chi connectivity index (χ3n) is 3.66. The van der Waals surface area contributed by atoms with Crippen LogP contribution in [0.5, 0.6) is 0 Å². The van der Waals surface area contributed by atoms with Gasteiger partial charge < -0.3 is 16.0 Å². The maximum Gasteiger partial charge on any atom is 0.243 e. The molecule has 144 valence electrons. The first kappa shape index (κ1) is 24.2. The van der Waals surface area contributed by atoms with Gasteiger partial charge in [-0.2, -0.15) is 0 Å². The molecule has 0 bridgehead atoms. The predicted molar refractivity (Wildman–Crippen MR) is 121 cm³/mol. The Labute approximate surface area is 174 Å². The number of nitrogens with zero attached hydrogens (tertiary/aromatic N) is 1. The summed E-state index contributed by atoms with van der Waals surface area (Å²) in [5.41, 5.74) is 1.72. The lowest BCUT2D eigenvalue weighted by Crippen LogP contribution is -2.45. The summed E-state index contributed by atoms with van der Waals surface area (Å²) in [6.45, 7) is 8.93. The van der Waals surface area contributed by atoms with Crippen LogP contribution in [0.15, 0.2) is 29.3 Å². The number of anilines is 1. The molecule has 0 aliphatic heterocycles. The zero-order valence-electron chi connectivity index (χ0n) is 16.3. The van der Waals surface area contributed by atoms with E-state index in [4.69, 9.17) is 6.42 Å². The molecule has 0 aliphatic carbocycles. The Morgan fingerprint density at radius 3 is 2.62 bits per heavy atom. The van der Waals surface area contributed by atoms with Crippen LogP contribution in [0.25, 0.3) is 0 Å². The van der Waals surface area contributed by atoms with Crippen LogP contribution in [-0.4, -0.2) is 31.5 Å². The van der Waals surface area contributed by atoms with Gasteiger partial charge in [-0.25, -0.2) is 0 Å². The van der Waals surface area contributed by atoms with Gasteiger partial charge in [0.25, 0.3) is 0 Å². The Balaban J connectivity index is 0.00000625. The minimum absolute atomic E-state index is 0. The first-order valence-corrected chi connectivity index (χ1v) is 8.57. The molecule has 0 aliphatic rings. The number of carbonyl (C=O) groups excluding carboxylic acids is 1. The van der Waals surface area contributed by atoms with E-state index in [9.17, 15) is 4.79 Å². The maximum absolute atomic E-state index is 12.1. The molecule has 6 heteroatoms. The number of guanidine groups is 1. The zero-order valence-corrected chi connectivity index (χ0v) is 18.7. The Morgan fingerprint density at radius 2 is 2.04 bits per heavy atom. The van der Waals surface area contributed by atoms with Crippen LogP contribution in [-0.2, 0) is 4.79 Å². The highest BCUT2D eigenvalue weighted by atomic mass is 127. The third-order valence-corrected chi connectivity index (χ3v) is 3.66. The van der Waals surface area contributed by atoms with Gasteiger partial charge in [-0.15, -0.1) is 30.4 Å². The average Bonchev–Trinajstić information content (AvgIpc) is 2.56. The third kappa shape index (κ3) is 10.3. The number of rotatable bonds is 6. The molecule has 3 N–H and O–H groups in total. The number of benzene rings is 1. The zero-order chi connectivity index (χ0) is 18.9. The van der Waals surface area contributed by atoms with Crippen LogP contribution in [0, 0.1) is 17.8 Å². The van der Waals surface area contributed by atoms with Crippen LogP contribution >= 0.6 is 24.0 Å². The number of amides is 1. The summed E-state index contributed by atoms with van der Waals surface area (Å²) >= 11 is 0. The molecular weight excluding hydrogens is 439 g/mol. The van der Waals surface area contributed by atoms with Crippen molar-refractivity contribution in [3.63, 3.8) is 0 Å². The molecule has 0 radical (unpaired) electrons. The number of hydrogen-bond donors (Lipinski definition) is 3. The number of halogens is 1. The van der Waals surface area contributed by atoms with Crippen molar-refractivity contribution in [2.45, 2.75) is 46.6 Å². The molecule has 5 nitrogen and oxygen atoms in total. The Kier molecular flexibility index (Phi) is 11.0. The largest absolute Gasteiger partial charge is 0.354 e. The summed E-state index contributed by atoms with van der Waals surface area (Å²) in [4.78, 5) is 16.2. The van der Waals surface area contributed by atoms with E-state index < -0.39 is 0 Å². The van der Waals surface area contributed by atoms with Gasteiger partial charge in [0.05, 0.1) is 6.54 Å². The fourth-order valence-electron chi connectivity index (χ4n) is 2.21. The van der Waals surface area contributed by atoms with Crippen molar-refractivity contribution >= 4 is 41.5 Å². The average molecular weight is 470 g/mol. The van der Waals surface area contributed by atoms with E-state index in [0.29, 0.717) is 17.1 Å². The number of hydrogen-bond acceptors (Lipinski definition) is 2. The van der Waals surface area contributed by atoms with Gasteiger partial charge in [-0.3, -0.25) is 9.79 Å². The topological polar surface area (TPSA) is 65.5 Å². The van der Waals surface area contributed by atoms with Crippen LogP contribution in [0.4, 0.5) is 5.69 Å². The van der Waals surface area contributed by atoms with E-state index in [2.05, 4.69) is 54.6 Å². The first-order valence-electron chi connectivity index (χ1n) is 8.57. The second kappa shape index (κ2) is 11.8. The van der Waals surface area contributed by atoms with E-state index in [0.717, 1.165) is 18.4 Å². The van der Waals surface area contributed by atoms with Crippen LogP contribution < -0.4 is 16.0 Å². The molecule has 0 aromatic heterocycles. The molecule has 0 saturated heterocycles. The van der Waals surface area contributed by atoms with Crippen molar-refractivity contribution in [2.75, 3.05) is 18.9 Å². The molecule has 1 aromatic rings. The molecule has 1 amide bonds. The summed E-state index contributed by atoms with van der Waals surface area (Å²) in [6, 6.07) is 7.48.